The topological polar surface area (TPSA) is 41.8 Å². The van der Waals surface area contributed by atoms with E-state index in [9.17, 15) is 0 Å². The number of rotatable bonds is 0. The Hall–Kier alpha value is -1.44. The molecule has 0 atom stereocenters. The van der Waals surface area contributed by atoms with Crippen LogP contribution in [0.25, 0.3) is 10.8 Å². The maximum atomic E-state index is 5.77. The summed E-state index contributed by atoms with van der Waals surface area (Å²) >= 11 is 0. The molecule has 76 valence electrons. The summed E-state index contributed by atoms with van der Waals surface area (Å²) in [5.74, 6) is 0.766. The average Bonchev–Trinajstić information content (AvgIpc) is 2.46. The number of aromatic amines is 1. The van der Waals surface area contributed by atoms with Gasteiger partial charge in [0.25, 0.3) is 0 Å². The molecule has 0 bridgehead atoms. The SMILES string of the molecule is CC.Cc1ccc2c(N)[nH]c(C)c2c1. The number of aromatic nitrogens is 1. The summed E-state index contributed by atoms with van der Waals surface area (Å²) in [4.78, 5) is 3.12. The number of anilines is 1. The third kappa shape index (κ3) is 1.74. The highest BCUT2D eigenvalue weighted by Gasteiger charge is 2.03. The van der Waals surface area contributed by atoms with Crippen molar-refractivity contribution in [2.75, 3.05) is 5.73 Å². The van der Waals surface area contributed by atoms with E-state index in [0.717, 1.165) is 16.9 Å². The van der Waals surface area contributed by atoms with Gasteiger partial charge in [0.05, 0.1) is 0 Å². The van der Waals surface area contributed by atoms with E-state index in [1.807, 2.05) is 20.8 Å². The predicted molar refractivity (Wildman–Crippen MR) is 63.5 cm³/mol. The number of benzene rings is 1. The number of nitrogens with two attached hydrogens (primary N) is 1. The van der Waals surface area contributed by atoms with Gasteiger partial charge in [0, 0.05) is 16.5 Å². The zero-order valence-electron chi connectivity index (χ0n) is 9.31. The van der Waals surface area contributed by atoms with Crippen molar-refractivity contribution < 1.29 is 0 Å². The molecule has 2 heteroatoms. The van der Waals surface area contributed by atoms with E-state index in [1.165, 1.54) is 10.9 Å². The third-order valence-electron chi connectivity index (χ3n) is 2.19. The van der Waals surface area contributed by atoms with Crippen molar-refractivity contribution in [3.8, 4) is 0 Å². The number of nitrogens with one attached hydrogen (secondary N) is 1. The average molecular weight is 190 g/mol. The first-order chi connectivity index (χ1) is 6.68. The smallest absolute Gasteiger partial charge is 0.108 e. The highest BCUT2D eigenvalue weighted by molar-refractivity contribution is 5.94. The molecule has 0 saturated carbocycles. The Morgan fingerprint density at radius 2 is 1.71 bits per heavy atom. The van der Waals surface area contributed by atoms with E-state index in [2.05, 4.69) is 30.1 Å². The van der Waals surface area contributed by atoms with Crippen molar-refractivity contribution in [2.24, 2.45) is 0 Å². The quantitative estimate of drug-likeness (QED) is 0.657. The molecule has 2 nitrogen and oxygen atoms in total. The van der Waals surface area contributed by atoms with Gasteiger partial charge >= 0.3 is 0 Å². The molecule has 0 aliphatic rings. The summed E-state index contributed by atoms with van der Waals surface area (Å²) in [6.07, 6.45) is 0. The lowest BCUT2D eigenvalue weighted by Crippen LogP contribution is -1.83. The Bertz CT molecular complexity index is 427. The Balaban J connectivity index is 0.000000461. The minimum atomic E-state index is 0.766. The lowest BCUT2D eigenvalue weighted by atomic mass is 10.1. The second kappa shape index (κ2) is 4.18. The maximum Gasteiger partial charge on any atom is 0.108 e. The van der Waals surface area contributed by atoms with E-state index in [4.69, 9.17) is 5.73 Å². The number of aryl methyl sites for hydroxylation is 2. The highest BCUT2D eigenvalue weighted by Crippen LogP contribution is 2.24. The van der Waals surface area contributed by atoms with Crippen LogP contribution in [0.1, 0.15) is 25.1 Å². The summed E-state index contributed by atoms with van der Waals surface area (Å²) in [5, 5.41) is 2.35. The first kappa shape index (κ1) is 10.6. The predicted octanol–water partition coefficient (Wildman–Crippen LogP) is 3.39. The van der Waals surface area contributed by atoms with Crippen molar-refractivity contribution in [3.63, 3.8) is 0 Å². The number of nitrogen functional groups attached to an aromatic ring is 1. The van der Waals surface area contributed by atoms with Crippen LogP contribution in [0.4, 0.5) is 5.82 Å². The Labute approximate surface area is 85.1 Å². The zero-order chi connectivity index (χ0) is 10.7. The molecule has 0 aliphatic carbocycles. The minimum absolute atomic E-state index is 0.766. The zero-order valence-corrected chi connectivity index (χ0v) is 9.31. The van der Waals surface area contributed by atoms with Crippen LogP contribution in [0.2, 0.25) is 0 Å². The summed E-state index contributed by atoms with van der Waals surface area (Å²) in [5.41, 5.74) is 8.18. The second-order valence-corrected chi connectivity index (χ2v) is 3.21. The van der Waals surface area contributed by atoms with Gasteiger partial charge in [-0.3, -0.25) is 0 Å². The Morgan fingerprint density at radius 1 is 1.07 bits per heavy atom. The molecule has 0 saturated heterocycles. The number of hydrogen-bond acceptors (Lipinski definition) is 1. The third-order valence-corrected chi connectivity index (χ3v) is 2.19. The summed E-state index contributed by atoms with van der Waals surface area (Å²) in [6, 6.07) is 6.28. The largest absolute Gasteiger partial charge is 0.385 e. The minimum Gasteiger partial charge on any atom is -0.385 e. The van der Waals surface area contributed by atoms with E-state index < -0.39 is 0 Å². The van der Waals surface area contributed by atoms with E-state index >= 15 is 0 Å². The monoisotopic (exact) mass is 190 g/mol. The second-order valence-electron chi connectivity index (χ2n) is 3.21. The molecule has 1 aromatic heterocycles. The number of fused-ring (bicyclic) bond motifs is 1. The van der Waals surface area contributed by atoms with Crippen molar-refractivity contribution in [3.05, 3.63) is 29.5 Å². The molecule has 0 fully saturated rings. The molecule has 1 aromatic carbocycles. The molecule has 0 amide bonds. The fourth-order valence-corrected chi connectivity index (χ4v) is 1.54. The van der Waals surface area contributed by atoms with Gasteiger partial charge in [-0.1, -0.05) is 31.5 Å². The number of H-pyrrole nitrogens is 1. The maximum absolute atomic E-state index is 5.77. The van der Waals surface area contributed by atoms with Crippen LogP contribution >= 0.6 is 0 Å². The van der Waals surface area contributed by atoms with Crippen LogP contribution in [0, 0.1) is 13.8 Å². The molecule has 14 heavy (non-hydrogen) atoms. The molecule has 1 heterocycles. The van der Waals surface area contributed by atoms with Crippen LogP contribution in [-0.2, 0) is 0 Å². The standard InChI is InChI=1S/C10H12N2.C2H6/c1-6-3-4-8-9(5-6)7(2)12-10(8)11;1-2/h3-5,12H,11H2,1-2H3;1-2H3. The Kier molecular flexibility index (Phi) is 3.18. The molecule has 0 radical (unpaired) electrons. The van der Waals surface area contributed by atoms with Gasteiger partial charge in [-0.25, -0.2) is 0 Å². The van der Waals surface area contributed by atoms with Gasteiger partial charge in [-0.15, -0.1) is 0 Å². The van der Waals surface area contributed by atoms with E-state index in [0.29, 0.717) is 0 Å². The van der Waals surface area contributed by atoms with Gasteiger partial charge in [-0.05, 0) is 19.9 Å². The van der Waals surface area contributed by atoms with Gasteiger partial charge in [0.15, 0.2) is 0 Å². The highest BCUT2D eigenvalue weighted by atomic mass is 14.8. The van der Waals surface area contributed by atoms with Crippen LogP contribution in [-0.4, -0.2) is 4.98 Å². The molecule has 0 aliphatic heterocycles. The lowest BCUT2D eigenvalue weighted by Gasteiger charge is -1.93. The van der Waals surface area contributed by atoms with Gasteiger partial charge in [0.2, 0.25) is 0 Å². The molecule has 2 aromatic rings. The van der Waals surface area contributed by atoms with Gasteiger partial charge < -0.3 is 10.7 Å². The number of hydrogen-bond donors (Lipinski definition) is 2. The van der Waals surface area contributed by atoms with Crippen molar-refractivity contribution in [1.29, 1.82) is 0 Å². The molecular formula is C12H18N2. The van der Waals surface area contributed by atoms with E-state index in [-0.39, 0.29) is 0 Å². The summed E-state index contributed by atoms with van der Waals surface area (Å²) in [7, 11) is 0. The molecule has 2 rings (SSSR count). The van der Waals surface area contributed by atoms with Crippen LogP contribution in [0.3, 0.4) is 0 Å². The summed E-state index contributed by atoms with van der Waals surface area (Å²) < 4.78 is 0. The van der Waals surface area contributed by atoms with Crippen molar-refractivity contribution in [2.45, 2.75) is 27.7 Å². The lowest BCUT2D eigenvalue weighted by molar-refractivity contribution is 1.29. The van der Waals surface area contributed by atoms with Crippen LogP contribution in [0.5, 0.6) is 0 Å². The van der Waals surface area contributed by atoms with Crippen molar-refractivity contribution >= 4 is 16.6 Å². The Morgan fingerprint density at radius 3 is 2.36 bits per heavy atom. The van der Waals surface area contributed by atoms with Crippen LogP contribution in [0.15, 0.2) is 18.2 Å². The van der Waals surface area contributed by atoms with Crippen LogP contribution < -0.4 is 5.73 Å². The normalized spacial score (nSPS) is 9.71. The first-order valence-corrected chi connectivity index (χ1v) is 5.03. The van der Waals surface area contributed by atoms with E-state index in [1.54, 1.807) is 0 Å². The summed E-state index contributed by atoms with van der Waals surface area (Å²) in [6.45, 7) is 8.13. The molecular weight excluding hydrogens is 172 g/mol. The molecule has 3 N–H and O–H groups in total. The molecule has 0 unspecified atom stereocenters. The van der Waals surface area contributed by atoms with Crippen molar-refractivity contribution in [1.82, 2.24) is 4.98 Å². The van der Waals surface area contributed by atoms with Gasteiger partial charge in [0.1, 0.15) is 5.82 Å². The first-order valence-electron chi connectivity index (χ1n) is 5.03. The fourth-order valence-electron chi connectivity index (χ4n) is 1.54. The molecule has 0 spiro atoms. The van der Waals surface area contributed by atoms with Gasteiger partial charge in [-0.2, -0.15) is 0 Å². The fraction of sp³-hybridized carbons (Fsp3) is 0.333.